The van der Waals surface area contributed by atoms with Gasteiger partial charge in [-0.2, -0.15) is 0 Å². The van der Waals surface area contributed by atoms with E-state index in [1.165, 1.54) is 6.07 Å². The van der Waals surface area contributed by atoms with Crippen molar-refractivity contribution in [2.75, 3.05) is 6.61 Å². The summed E-state index contributed by atoms with van der Waals surface area (Å²) in [5.74, 6) is -2.08. The zero-order chi connectivity index (χ0) is 16.1. The van der Waals surface area contributed by atoms with E-state index in [0.29, 0.717) is 17.6 Å². The van der Waals surface area contributed by atoms with Crippen LogP contribution in [0.15, 0.2) is 29.1 Å². The van der Waals surface area contributed by atoms with Crippen molar-refractivity contribution in [1.82, 2.24) is 15.3 Å². The van der Waals surface area contributed by atoms with Gasteiger partial charge < -0.3 is 15.0 Å². The second kappa shape index (κ2) is 6.79. The van der Waals surface area contributed by atoms with Gasteiger partial charge in [0.25, 0.3) is 11.5 Å². The number of aromatic nitrogens is 2. The first kappa shape index (κ1) is 15.6. The molecular formula is C14H13F2N3O3. The Morgan fingerprint density at radius 1 is 1.36 bits per heavy atom. The van der Waals surface area contributed by atoms with Crippen LogP contribution in [-0.2, 0) is 11.3 Å². The molecule has 0 unspecified atom stereocenters. The van der Waals surface area contributed by atoms with Crippen molar-refractivity contribution in [2.45, 2.75) is 13.5 Å². The van der Waals surface area contributed by atoms with Crippen LogP contribution in [-0.4, -0.2) is 22.5 Å². The summed E-state index contributed by atoms with van der Waals surface area (Å²) in [6, 6.07) is 4.11. The molecule has 2 rings (SSSR count). The lowest BCUT2D eigenvalue weighted by Gasteiger charge is -2.08. The van der Waals surface area contributed by atoms with Crippen molar-refractivity contribution in [3.05, 3.63) is 57.8 Å². The molecule has 0 aliphatic heterocycles. The SMILES string of the molecule is Cc1cc(=O)[nH]c(CNC(=O)COc2ccc(F)cc2F)n1. The minimum Gasteiger partial charge on any atom is -0.481 e. The van der Waals surface area contributed by atoms with Crippen LogP contribution in [0.25, 0.3) is 0 Å². The summed E-state index contributed by atoms with van der Waals surface area (Å²) < 4.78 is 30.9. The van der Waals surface area contributed by atoms with Crippen molar-refractivity contribution in [1.29, 1.82) is 0 Å². The number of carbonyl (C=O) groups excluding carboxylic acids is 1. The first-order valence-corrected chi connectivity index (χ1v) is 6.35. The van der Waals surface area contributed by atoms with E-state index >= 15 is 0 Å². The fourth-order valence-corrected chi connectivity index (χ4v) is 1.69. The molecule has 1 heterocycles. The average molecular weight is 309 g/mol. The lowest BCUT2D eigenvalue weighted by atomic mass is 10.3. The molecule has 0 radical (unpaired) electrons. The van der Waals surface area contributed by atoms with E-state index in [1.54, 1.807) is 6.92 Å². The van der Waals surface area contributed by atoms with Gasteiger partial charge in [0.1, 0.15) is 11.6 Å². The zero-order valence-electron chi connectivity index (χ0n) is 11.7. The average Bonchev–Trinajstić information content (AvgIpc) is 2.43. The van der Waals surface area contributed by atoms with E-state index in [2.05, 4.69) is 15.3 Å². The summed E-state index contributed by atoms with van der Waals surface area (Å²) in [5.41, 5.74) is 0.207. The largest absolute Gasteiger partial charge is 0.481 e. The second-order valence-electron chi connectivity index (χ2n) is 4.47. The van der Waals surface area contributed by atoms with Crippen LogP contribution < -0.4 is 15.6 Å². The first-order chi connectivity index (χ1) is 10.4. The molecule has 116 valence electrons. The maximum absolute atomic E-state index is 13.3. The maximum Gasteiger partial charge on any atom is 0.258 e. The number of aromatic amines is 1. The molecular weight excluding hydrogens is 296 g/mol. The standard InChI is InChI=1S/C14H13F2N3O3/c1-8-4-13(20)19-12(18-8)6-17-14(21)7-22-11-3-2-9(15)5-10(11)16/h2-5H,6-7H2,1H3,(H,17,21)(H,18,19,20). The van der Waals surface area contributed by atoms with Crippen molar-refractivity contribution < 1.29 is 18.3 Å². The maximum atomic E-state index is 13.3. The Morgan fingerprint density at radius 2 is 2.14 bits per heavy atom. The van der Waals surface area contributed by atoms with E-state index in [1.807, 2.05) is 0 Å². The van der Waals surface area contributed by atoms with Gasteiger partial charge >= 0.3 is 0 Å². The van der Waals surface area contributed by atoms with Gasteiger partial charge in [-0.15, -0.1) is 0 Å². The molecule has 0 aliphatic rings. The summed E-state index contributed by atoms with van der Waals surface area (Å²) in [6.45, 7) is 1.21. The monoisotopic (exact) mass is 309 g/mol. The van der Waals surface area contributed by atoms with E-state index in [0.717, 1.165) is 12.1 Å². The molecule has 2 aromatic rings. The Morgan fingerprint density at radius 3 is 2.82 bits per heavy atom. The Bertz CT molecular complexity index is 746. The van der Waals surface area contributed by atoms with Crippen LogP contribution in [0, 0.1) is 18.6 Å². The highest BCUT2D eigenvalue weighted by atomic mass is 19.1. The smallest absolute Gasteiger partial charge is 0.258 e. The topological polar surface area (TPSA) is 84.1 Å². The van der Waals surface area contributed by atoms with Crippen LogP contribution >= 0.6 is 0 Å². The fourth-order valence-electron chi connectivity index (χ4n) is 1.69. The summed E-state index contributed by atoms with van der Waals surface area (Å²) in [4.78, 5) is 29.3. The molecule has 0 saturated heterocycles. The molecule has 0 bridgehead atoms. The van der Waals surface area contributed by atoms with Gasteiger partial charge in [-0.1, -0.05) is 0 Å². The molecule has 1 aromatic heterocycles. The number of rotatable bonds is 5. The number of amides is 1. The number of hydrogen-bond acceptors (Lipinski definition) is 4. The van der Waals surface area contributed by atoms with Crippen molar-refractivity contribution >= 4 is 5.91 Å². The van der Waals surface area contributed by atoms with E-state index in [4.69, 9.17) is 4.74 Å². The van der Waals surface area contributed by atoms with Gasteiger partial charge in [-0.25, -0.2) is 13.8 Å². The van der Waals surface area contributed by atoms with Crippen LogP contribution in [0.3, 0.4) is 0 Å². The normalized spacial score (nSPS) is 10.3. The molecule has 1 aromatic carbocycles. The summed E-state index contributed by atoms with van der Waals surface area (Å²) >= 11 is 0. The number of halogens is 2. The molecule has 0 fully saturated rings. The van der Waals surface area contributed by atoms with Crippen LogP contribution in [0.1, 0.15) is 11.5 Å². The third kappa shape index (κ3) is 4.37. The molecule has 1 amide bonds. The minimum atomic E-state index is -0.891. The number of benzene rings is 1. The fraction of sp³-hybridized carbons (Fsp3) is 0.214. The third-order valence-corrected chi connectivity index (χ3v) is 2.62. The van der Waals surface area contributed by atoms with Gasteiger partial charge in [-0.05, 0) is 19.1 Å². The summed E-state index contributed by atoms with van der Waals surface area (Å²) in [6.07, 6.45) is 0. The molecule has 0 saturated carbocycles. The molecule has 0 spiro atoms. The molecule has 2 N–H and O–H groups in total. The Labute approximate surface area is 124 Å². The summed E-state index contributed by atoms with van der Waals surface area (Å²) in [7, 11) is 0. The number of aryl methyl sites for hydroxylation is 1. The molecule has 6 nitrogen and oxygen atoms in total. The van der Waals surface area contributed by atoms with E-state index in [-0.39, 0.29) is 17.9 Å². The van der Waals surface area contributed by atoms with Crippen LogP contribution in [0.5, 0.6) is 5.75 Å². The van der Waals surface area contributed by atoms with Gasteiger partial charge in [0.05, 0.1) is 6.54 Å². The van der Waals surface area contributed by atoms with Crippen molar-refractivity contribution in [3.63, 3.8) is 0 Å². The predicted octanol–water partition coefficient (Wildman–Crippen LogP) is 1.05. The van der Waals surface area contributed by atoms with Gasteiger partial charge in [0.2, 0.25) is 0 Å². The number of H-pyrrole nitrogens is 1. The minimum absolute atomic E-state index is 0.00497. The Hall–Kier alpha value is -2.77. The Kier molecular flexibility index (Phi) is 4.82. The third-order valence-electron chi connectivity index (χ3n) is 2.62. The lowest BCUT2D eigenvalue weighted by Crippen LogP contribution is -2.30. The number of nitrogens with one attached hydrogen (secondary N) is 2. The van der Waals surface area contributed by atoms with E-state index < -0.39 is 24.1 Å². The van der Waals surface area contributed by atoms with Crippen molar-refractivity contribution in [2.24, 2.45) is 0 Å². The van der Waals surface area contributed by atoms with Gasteiger partial charge in [0, 0.05) is 17.8 Å². The molecule has 0 atom stereocenters. The number of hydrogen-bond donors (Lipinski definition) is 2. The summed E-state index contributed by atoms with van der Waals surface area (Å²) in [5, 5.41) is 2.46. The number of ether oxygens (including phenoxy) is 1. The lowest BCUT2D eigenvalue weighted by molar-refractivity contribution is -0.123. The Balaban J connectivity index is 1.86. The zero-order valence-corrected chi connectivity index (χ0v) is 11.7. The highest BCUT2D eigenvalue weighted by Gasteiger charge is 2.08. The quantitative estimate of drug-likeness (QED) is 0.865. The van der Waals surface area contributed by atoms with Gasteiger partial charge in [-0.3, -0.25) is 9.59 Å². The van der Waals surface area contributed by atoms with Gasteiger partial charge in [0.15, 0.2) is 18.2 Å². The van der Waals surface area contributed by atoms with Crippen LogP contribution in [0.2, 0.25) is 0 Å². The molecule has 22 heavy (non-hydrogen) atoms. The number of carbonyl (C=O) groups is 1. The van der Waals surface area contributed by atoms with E-state index in [9.17, 15) is 18.4 Å². The highest BCUT2D eigenvalue weighted by Crippen LogP contribution is 2.17. The molecule has 8 heteroatoms. The highest BCUT2D eigenvalue weighted by molar-refractivity contribution is 5.77. The second-order valence-corrected chi connectivity index (χ2v) is 4.47. The van der Waals surface area contributed by atoms with Crippen molar-refractivity contribution in [3.8, 4) is 5.75 Å². The first-order valence-electron chi connectivity index (χ1n) is 6.35. The van der Waals surface area contributed by atoms with Crippen LogP contribution in [0.4, 0.5) is 8.78 Å². The molecule has 0 aliphatic carbocycles. The number of nitrogens with zero attached hydrogens (tertiary/aromatic N) is 1. The predicted molar refractivity (Wildman–Crippen MR) is 73.3 cm³/mol.